The highest BCUT2D eigenvalue weighted by atomic mass is 16.5. The van der Waals surface area contributed by atoms with Gasteiger partial charge in [-0.1, -0.05) is 13.8 Å². The van der Waals surface area contributed by atoms with E-state index in [1.165, 1.54) is 0 Å². The van der Waals surface area contributed by atoms with Gasteiger partial charge in [0.1, 0.15) is 5.78 Å². The van der Waals surface area contributed by atoms with Crippen LogP contribution in [0.25, 0.3) is 0 Å². The Kier molecular flexibility index (Phi) is 2.84. The van der Waals surface area contributed by atoms with Crippen LogP contribution in [0, 0.1) is 23.2 Å². The molecule has 2 bridgehead atoms. The highest BCUT2D eigenvalue weighted by Crippen LogP contribution is 2.59. The molecule has 94 valence electrons. The van der Waals surface area contributed by atoms with Crippen LogP contribution in [0.15, 0.2) is 0 Å². The summed E-state index contributed by atoms with van der Waals surface area (Å²) >= 11 is 0. The number of carbonyl (C=O) groups is 3. The summed E-state index contributed by atoms with van der Waals surface area (Å²) in [5.74, 6) is -1.98. The van der Waals surface area contributed by atoms with Crippen LogP contribution in [0.5, 0.6) is 0 Å². The lowest BCUT2D eigenvalue weighted by atomic mass is 9.46. The smallest absolute Gasteiger partial charge is 0.375 e. The molecule has 0 radical (unpaired) electrons. The number of ketones is 2. The van der Waals surface area contributed by atoms with Crippen molar-refractivity contribution in [1.29, 1.82) is 0 Å². The van der Waals surface area contributed by atoms with Crippen LogP contribution in [0.1, 0.15) is 33.6 Å². The topological polar surface area (TPSA) is 60.4 Å². The van der Waals surface area contributed by atoms with Gasteiger partial charge >= 0.3 is 5.97 Å². The number of carbonyl (C=O) groups excluding carboxylic acids is 3. The summed E-state index contributed by atoms with van der Waals surface area (Å²) in [4.78, 5) is 35.2. The molecular formula is C13H18O4. The monoisotopic (exact) mass is 238 g/mol. The fraction of sp³-hybridized carbons (Fsp3) is 0.769. The molecule has 3 atom stereocenters. The highest BCUT2D eigenvalue weighted by molar-refractivity contribution is 6.38. The van der Waals surface area contributed by atoms with E-state index in [0.717, 1.165) is 6.42 Å². The number of ether oxygens (including phenoxy) is 1. The third-order valence-corrected chi connectivity index (χ3v) is 4.47. The SMILES string of the molecule is CCOC(=O)C(=O)C1CC2C[C@@H](C1=O)C2(C)C. The summed E-state index contributed by atoms with van der Waals surface area (Å²) in [6.45, 7) is 5.95. The maximum Gasteiger partial charge on any atom is 0.375 e. The Morgan fingerprint density at radius 3 is 2.47 bits per heavy atom. The van der Waals surface area contributed by atoms with E-state index in [2.05, 4.69) is 18.6 Å². The lowest BCUT2D eigenvalue weighted by molar-refractivity contribution is -0.168. The van der Waals surface area contributed by atoms with Crippen molar-refractivity contribution >= 4 is 17.5 Å². The van der Waals surface area contributed by atoms with Crippen molar-refractivity contribution in [3.63, 3.8) is 0 Å². The fourth-order valence-corrected chi connectivity index (χ4v) is 3.12. The third-order valence-electron chi connectivity index (χ3n) is 4.47. The number of fused-ring (bicyclic) bond motifs is 2. The van der Waals surface area contributed by atoms with Gasteiger partial charge in [0, 0.05) is 5.92 Å². The van der Waals surface area contributed by atoms with E-state index in [9.17, 15) is 14.4 Å². The molecule has 4 heteroatoms. The van der Waals surface area contributed by atoms with Crippen molar-refractivity contribution in [2.45, 2.75) is 33.6 Å². The van der Waals surface area contributed by atoms with Crippen LogP contribution in [-0.2, 0) is 19.1 Å². The molecule has 0 spiro atoms. The molecule has 0 aromatic heterocycles. The van der Waals surface area contributed by atoms with Crippen LogP contribution in [0.4, 0.5) is 0 Å². The highest BCUT2D eigenvalue weighted by Gasteiger charge is 2.59. The number of Topliss-reactive ketones (excluding diaryl/α,β-unsaturated/α-hetero) is 2. The van der Waals surface area contributed by atoms with Gasteiger partial charge in [0.15, 0.2) is 0 Å². The number of hydrogen-bond donors (Lipinski definition) is 0. The standard InChI is InChI=1S/C13H18O4/c1-4-17-12(16)11(15)8-5-7-6-9(10(8)14)13(7,2)3/h7-9H,4-6H2,1-3H3/t7?,8?,9-/m0/s1. The molecule has 0 aliphatic heterocycles. The van der Waals surface area contributed by atoms with Crippen molar-refractivity contribution in [3.8, 4) is 0 Å². The molecule has 2 unspecified atom stereocenters. The second kappa shape index (κ2) is 3.93. The van der Waals surface area contributed by atoms with Gasteiger partial charge in [-0.05, 0) is 31.1 Å². The Bertz CT molecular complexity index is 383. The van der Waals surface area contributed by atoms with Gasteiger partial charge in [-0.25, -0.2) is 4.79 Å². The van der Waals surface area contributed by atoms with Gasteiger partial charge < -0.3 is 4.74 Å². The molecule has 0 amide bonds. The van der Waals surface area contributed by atoms with Crippen LogP contribution < -0.4 is 0 Å². The lowest BCUT2D eigenvalue weighted by Gasteiger charge is -2.57. The van der Waals surface area contributed by atoms with Crippen molar-refractivity contribution in [1.82, 2.24) is 0 Å². The molecule has 0 heterocycles. The molecule has 3 aliphatic carbocycles. The first-order valence-corrected chi connectivity index (χ1v) is 6.14. The summed E-state index contributed by atoms with van der Waals surface area (Å²) in [5, 5.41) is 0. The average Bonchev–Trinajstić information content (AvgIpc) is 2.27. The Morgan fingerprint density at radius 1 is 1.35 bits per heavy atom. The Morgan fingerprint density at radius 2 is 2.00 bits per heavy atom. The number of hydrogen-bond acceptors (Lipinski definition) is 4. The van der Waals surface area contributed by atoms with E-state index in [-0.39, 0.29) is 23.7 Å². The minimum absolute atomic E-state index is 0.00250. The maximum atomic E-state index is 12.1. The van der Waals surface area contributed by atoms with Crippen LogP contribution in [0.3, 0.4) is 0 Å². The van der Waals surface area contributed by atoms with E-state index in [4.69, 9.17) is 0 Å². The van der Waals surface area contributed by atoms with Crippen molar-refractivity contribution in [3.05, 3.63) is 0 Å². The van der Waals surface area contributed by atoms with Gasteiger partial charge in [0.2, 0.25) is 5.78 Å². The van der Waals surface area contributed by atoms with Gasteiger partial charge in [-0.2, -0.15) is 0 Å². The zero-order valence-electron chi connectivity index (χ0n) is 10.5. The molecule has 3 saturated carbocycles. The van der Waals surface area contributed by atoms with Crippen LogP contribution in [0.2, 0.25) is 0 Å². The second-order valence-electron chi connectivity index (χ2n) is 5.58. The van der Waals surface area contributed by atoms with E-state index in [0.29, 0.717) is 12.3 Å². The Labute approximate surface area is 101 Å². The first-order valence-electron chi connectivity index (χ1n) is 6.14. The molecule has 3 rings (SSSR count). The zero-order chi connectivity index (χ0) is 12.8. The molecule has 0 aromatic rings. The van der Waals surface area contributed by atoms with E-state index >= 15 is 0 Å². The van der Waals surface area contributed by atoms with Gasteiger partial charge in [0.05, 0.1) is 12.5 Å². The quantitative estimate of drug-likeness (QED) is 0.423. The van der Waals surface area contributed by atoms with E-state index in [1.807, 2.05) is 0 Å². The lowest BCUT2D eigenvalue weighted by Crippen LogP contribution is -2.58. The molecular weight excluding hydrogens is 220 g/mol. The Balaban J connectivity index is 2.09. The normalized spacial score (nSPS) is 33.8. The first kappa shape index (κ1) is 12.3. The molecule has 3 aliphatic rings. The van der Waals surface area contributed by atoms with Crippen molar-refractivity contribution < 1.29 is 19.1 Å². The van der Waals surface area contributed by atoms with Gasteiger partial charge in [-0.3, -0.25) is 9.59 Å². The maximum absolute atomic E-state index is 12.1. The molecule has 3 fully saturated rings. The van der Waals surface area contributed by atoms with Crippen molar-refractivity contribution in [2.24, 2.45) is 23.2 Å². The zero-order valence-corrected chi connectivity index (χ0v) is 10.5. The molecule has 17 heavy (non-hydrogen) atoms. The summed E-state index contributed by atoms with van der Waals surface area (Å²) in [6, 6.07) is 0. The average molecular weight is 238 g/mol. The second-order valence-corrected chi connectivity index (χ2v) is 5.58. The number of esters is 1. The predicted molar refractivity (Wildman–Crippen MR) is 60.1 cm³/mol. The van der Waals surface area contributed by atoms with Gasteiger partial charge in [-0.15, -0.1) is 0 Å². The largest absolute Gasteiger partial charge is 0.460 e. The van der Waals surface area contributed by atoms with Crippen LogP contribution in [-0.4, -0.2) is 24.1 Å². The summed E-state index contributed by atoms with van der Waals surface area (Å²) < 4.78 is 4.67. The summed E-state index contributed by atoms with van der Waals surface area (Å²) in [6.07, 6.45) is 1.39. The molecule has 0 saturated heterocycles. The number of rotatable bonds is 3. The first-order chi connectivity index (χ1) is 7.89. The van der Waals surface area contributed by atoms with E-state index < -0.39 is 17.7 Å². The van der Waals surface area contributed by atoms with Crippen molar-refractivity contribution in [2.75, 3.05) is 6.61 Å². The molecule has 0 N–H and O–H groups in total. The fourth-order valence-electron chi connectivity index (χ4n) is 3.12. The minimum Gasteiger partial charge on any atom is -0.460 e. The molecule has 4 nitrogen and oxygen atoms in total. The minimum atomic E-state index is -0.857. The summed E-state index contributed by atoms with van der Waals surface area (Å²) in [5.41, 5.74) is 0.00250. The predicted octanol–water partition coefficient (Wildman–Crippen LogP) is 1.37. The Hall–Kier alpha value is -1.19. The van der Waals surface area contributed by atoms with Gasteiger partial charge in [0.25, 0.3) is 0 Å². The van der Waals surface area contributed by atoms with E-state index in [1.54, 1.807) is 6.92 Å². The third kappa shape index (κ3) is 1.70. The molecule has 0 aromatic carbocycles. The van der Waals surface area contributed by atoms with Crippen LogP contribution >= 0.6 is 0 Å². The summed E-state index contributed by atoms with van der Waals surface area (Å²) in [7, 11) is 0.